The van der Waals surface area contributed by atoms with Gasteiger partial charge in [-0.1, -0.05) is 19.1 Å². The summed E-state index contributed by atoms with van der Waals surface area (Å²) in [7, 11) is 1.45. The lowest BCUT2D eigenvalue weighted by Crippen LogP contribution is -2.40. The van der Waals surface area contributed by atoms with E-state index < -0.39 is 0 Å². The van der Waals surface area contributed by atoms with Gasteiger partial charge in [-0.3, -0.25) is 9.69 Å². The number of nitrogens with one attached hydrogen (secondary N) is 1. The highest BCUT2D eigenvalue weighted by molar-refractivity contribution is 5.82. The molecule has 0 bridgehead atoms. The molecule has 2 saturated heterocycles. The summed E-state index contributed by atoms with van der Waals surface area (Å²) in [5.41, 5.74) is 1.09. The third-order valence-corrected chi connectivity index (χ3v) is 5.84. The molecule has 172 valence electrons. The van der Waals surface area contributed by atoms with Crippen molar-refractivity contribution in [2.45, 2.75) is 20.4 Å². The van der Waals surface area contributed by atoms with Crippen molar-refractivity contribution in [2.24, 2.45) is 16.8 Å². The molecule has 8 heteroatoms. The van der Waals surface area contributed by atoms with Crippen LogP contribution in [-0.2, 0) is 20.8 Å². The number of benzene rings is 1. The molecule has 31 heavy (non-hydrogen) atoms. The Bertz CT molecular complexity index is 736. The van der Waals surface area contributed by atoms with Crippen molar-refractivity contribution in [1.82, 2.24) is 15.1 Å². The summed E-state index contributed by atoms with van der Waals surface area (Å²) in [4.78, 5) is 21.4. The third-order valence-electron chi connectivity index (χ3n) is 5.84. The zero-order valence-electron chi connectivity index (χ0n) is 19.0. The summed E-state index contributed by atoms with van der Waals surface area (Å²) in [6.07, 6.45) is 0. The molecule has 2 unspecified atom stereocenters. The minimum absolute atomic E-state index is 0.114. The van der Waals surface area contributed by atoms with Crippen LogP contribution in [0.15, 0.2) is 29.3 Å². The van der Waals surface area contributed by atoms with Crippen LogP contribution in [0.25, 0.3) is 0 Å². The van der Waals surface area contributed by atoms with Crippen LogP contribution in [0.3, 0.4) is 0 Å². The number of hydrogen-bond acceptors (Lipinski definition) is 6. The van der Waals surface area contributed by atoms with Gasteiger partial charge < -0.3 is 24.4 Å². The average molecular weight is 433 g/mol. The molecule has 1 aromatic carbocycles. The molecular formula is C23H36N4O4. The summed E-state index contributed by atoms with van der Waals surface area (Å²) < 4.78 is 16.3. The third kappa shape index (κ3) is 6.83. The number of ether oxygens (including phenoxy) is 3. The molecule has 1 N–H and O–H groups in total. The Balaban J connectivity index is 1.55. The predicted molar refractivity (Wildman–Crippen MR) is 120 cm³/mol. The van der Waals surface area contributed by atoms with E-state index in [4.69, 9.17) is 19.2 Å². The zero-order valence-corrected chi connectivity index (χ0v) is 19.0. The second-order valence-corrected chi connectivity index (χ2v) is 8.13. The summed E-state index contributed by atoms with van der Waals surface area (Å²) in [5, 5.41) is 3.35. The molecule has 0 spiro atoms. The molecular weight excluding hydrogens is 396 g/mol. The second-order valence-electron chi connectivity index (χ2n) is 8.13. The van der Waals surface area contributed by atoms with Gasteiger partial charge in [-0.25, -0.2) is 4.99 Å². The predicted octanol–water partition coefficient (Wildman–Crippen LogP) is 1.60. The summed E-state index contributed by atoms with van der Waals surface area (Å²) >= 11 is 0. The second kappa shape index (κ2) is 11.9. The quantitative estimate of drug-likeness (QED) is 0.380. The number of morpholine rings is 1. The highest BCUT2D eigenvalue weighted by atomic mass is 16.5. The first-order valence-electron chi connectivity index (χ1n) is 11.2. The van der Waals surface area contributed by atoms with Crippen LogP contribution in [0.5, 0.6) is 5.75 Å². The van der Waals surface area contributed by atoms with Crippen LogP contribution in [0.1, 0.15) is 19.4 Å². The molecule has 1 aromatic rings. The number of guanidine groups is 1. The number of esters is 1. The van der Waals surface area contributed by atoms with Gasteiger partial charge in [0.05, 0.1) is 32.8 Å². The fraction of sp³-hybridized carbons (Fsp3) is 0.652. The van der Waals surface area contributed by atoms with E-state index >= 15 is 0 Å². The first kappa shape index (κ1) is 23.3. The smallest absolute Gasteiger partial charge is 0.310 e. The molecule has 2 aliphatic heterocycles. The van der Waals surface area contributed by atoms with Crippen molar-refractivity contribution in [3.8, 4) is 5.75 Å². The minimum atomic E-state index is -0.146. The Morgan fingerprint density at radius 1 is 1.29 bits per heavy atom. The van der Waals surface area contributed by atoms with Gasteiger partial charge in [0.2, 0.25) is 0 Å². The lowest BCUT2D eigenvalue weighted by molar-refractivity contribution is -0.145. The first-order chi connectivity index (χ1) is 15.1. The van der Waals surface area contributed by atoms with Gasteiger partial charge in [0.1, 0.15) is 12.4 Å². The van der Waals surface area contributed by atoms with Crippen molar-refractivity contribution in [1.29, 1.82) is 0 Å². The van der Waals surface area contributed by atoms with E-state index in [2.05, 4.69) is 41.1 Å². The maximum absolute atomic E-state index is 12.0. The molecule has 0 saturated carbocycles. The van der Waals surface area contributed by atoms with Crippen molar-refractivity contribution < 1.29 is 19.0 Å². The number of carbonyl (C=O) groups is 1. The van der Waals surface area contributed by atoms with E-state index in [1.54, 1.807) is 0 Å². The molecule has 2 fully saturated rings. The maximum atomic E-state index is 12.0. The Kier molecular flexibility index (Phi) is 8.97. The van der Waals surface area contributed by atoms with Crippen LogP contribution in [0.2, 0.25) is 0 Å². The standard InChI is InChI=1S/C23H36N4O4/c1-4-24-23(27-16-18(2)21(17-27)22(28)29-3)25-15-19-6-5-7-20(14-19)31-13-10-26-8-11-30-12-9-26/h5-7,14,18,21H,4,8-13,15-17H2,1-3H3,(H,24,25). The minimum Gasteiger partial charge on any atom is -0.492 e. The van der Waals surface area contributed by atoms with Crippen LogP contribution in [0, 0.1) is 11.8 Å². The van der Waals surface area contributed by atoms with E-state index in [1.165, 1.54) is 7.11 Å². The van der Waals surface area contributed by atoms with Gasteiger partial charge >= 0.3 is 5.97 Å². The van der Waals surface area contributed by atoms with Gasteiger partial charge in [0.15, 0.2) is 5.96 Å². The number of likely N-dealkylation sites (tertiary alicyclic amines) is 1. The van der Waals surface area contributed by atoms with E-state index in [1.807, 2.05) is 12.1 Å². The van der Waals surface area contributed by atoms with E-state index in [0.717, 1.165) is 63.2 Å². The number of rotatable bonds is 8. The molecule has 0 aromatic heterocycles. The lowest BCUT2D eigenvalue weighted by atomic mass is 9.99. The Morgan fingerprint density at radius 2 is 2.10 bits per heavy atom. The Hall–Kier alpha value is -2.32. The van der Waals surface area contributed by atoms with Gasteiger partial charge in [0, 0.05) is 39.3 Å². The number of carbonyl (C=O) groups excluding carboxylic acids is 1. The first-order valence-corrected chi connectivity index (χ1v) is 11.2. The van der Waals surface area contributed by atoms with Crippen molar-refractivity contribution in [2.75, 3.05) is 66.2 Å². The number of nitrogens with zero attached hydrogens (tertiary/aromatic N) is 3. The topological polar surface area (TPSA) is 75.6 Å². The molecule has 0 radical (unpaired) electrons. The van der Waals surface area contributed by atoms with Crippen LogP contribution in [0.4, 0.5) is 0 Å². The van der Waals surface area contributed by atoms with E-state index in [9.17, 15) is 4.79 Å². The monoisotopic (exact) mass is 432 g/mol. The van der Waals surface area contributed by atoms with Crippen molar-refractivity contribution in [3.05, 3.63) is 29.8 Å². The Morgan fingerprint density at radius 3 is 2.84 bits per heavy atom. The normalized spacial score (nSPS) is 22.4. The maximum Gasteiger partial charge on any atom is 0.310 e. The molecule has 0 aliphatic carbocycles. The highest BCUT2D eigenvalue weighted by Gasteiger charge is 2.36. The SMILES string of the molecule is CCNC(=NCc1cccc(OCCN2CCOCC2)c1)N1CC(C)C(C(=O)OC)C1. The van der Waals surface area contributed by atoms with Crippen molar-refractivity contribution in [3.63, 3.8) is 0 Å². The Labute approximate surface area is 185 Å². The molecule has 0 amide bonds. The highest BCUT2D eigenvalue weighted by Crippen LogP contribution is 2.24. The summed E-state index contributed by atoms with van der Waals surface area (Å²) in [6, 6.07) is 8.11. The molecule has 2 heterocycles. The fourth-order valence-electron chi connectivity index (χ4n) is 4.04. The number of methoxy groups -OCH3 is 1. The number of aliphatic imine (C=N–C) groups is 1. The van der Waals surface area contributed by atoms with Gasteiger partial charge in [-0.05, 0) is 30.5 Å². The molecule has 2 atom stereocenters. The average Bonchev–Trinajstić information content (AvgIpc) is 3.18. The van der Waals surface area contributed by atoms with Gasteiger partial charge in [0.25, 0.3) is 0 Å². The summed E-state index contributed by atoms with van der Waals surface area (Å²) in [5.74, 6) is 1.68. The van der Waals surface area contributed by atoms with Crippen molar-refractivity contribution >= 4 is 11.9 Å². The molecule has 3 rings (SSSR count). The molecule has 8 nitrogen and oxygen atoms in total. The van der Waals surface area contributed by atoms with Gasteiger partial charge in [-0.2, -0.15) is 0 Å². The summed E-state index contributed by atoms with van der Waals surface area (Å²) in [6.45, 7) is 12.0. The zero-order chi connectivity index (χ0) is 22.1. The van der Waals surface area contributed by atoms with Crippen LogP contribution in [-0.4, -0.2) is 87.9 Å². The van der Waals surface area contributed by atoms with Gasteiger partial charge in [-0.15, -0.1) is 0 Å². The fourth-order valence-corrected chi connectivity index (χ4v) is 4.04. The van der Waals surface area contributed by atoms with Crippen LogP contribution >= 0.6 is 0 Å². The van der Waals surface area contributed by atoms with E-state index in [-0.39, 0.29) is 17.8 Å². The molecule has 2 aliphatic rings. The number of hydrogen-bond donors (Lipinski definition) is 1. The van der Waals surface area contributed by atoms with Crippen LogP contribution < -0.4 is 10.1 Å². The lowest BCUT2D eigenvalue weighted by Gasteiger charge is -2.26. The van der Waals surface area contributed by atoms with E-state index in [0.29, 0.717) is 19.7 Å². The largest absolute Gasteiger partial charge is 0.492 e.